The normalized spacial score (nSPS) is 11.8. The summed E-state index contributed by atoms with van der Waals surface area (Å²) in [6, 6.07) is 8.28. The van der Waals surface area contributed by atoms with Crippen molar-refractivity contribution in [1.82, 2.24) is 4.57 Å². The zero-order valence-corrected chi connectivity index (χ0v) is 11.0. The minimum absolute atomic E-state index is 1.07. The van der Waals surface area contributed by atoms with E-state index in [1.54, 1.807) is 6.21 Å². The molecule has 1 aromatic carbocycles. The number of nitrogens with zero attached hydrogens (tertiary/aromatic N) is 2. The molecule has 0 N–H and O–H groups in total. The second-order valence-electron chi connectivity index (χ2n) is 4.10. The van der Waals surface area contributed by atoms with Crippen LogP contribution in [0.5, 0.6) is 0 Å². The molecule has 0 spiro atoms. The van der Waals surface area contributed by atoms with Crippen LogP contribution in [0.3, 0.4) is 0 Å². The summed E-state index contributed by atoms with van der Waals surface area (Å²) in [5.41, 5.74) is 2.32. The molecule has 0 aliphatic rings. The van der Waals surface area contributed by atoms with E-state index in [-0.39, 0.29) is 0 Å². The van der Waals surface area contributed by atoms with Crippen molar-refractivity contribution in [3.05, 3.63) is 36.0 Å². The molecule has 84 valence electrons. The van der Waals surface area contributed by atoms with Crippen molar-refractivity contribution in [2.75, 3.05) is 0 Å². The Morgan fingerprint density at radius 2 is 2.06 bits per heavy atom. The quantitative estimate of drug-likeness (QED) is 0.454. The van der Waals surface area contributed by atoms with Crippen LogP contribution in [0.25, 0.3) is 10.9 Å². The first-order valence-corrected chi connectivity index (χ1v) is 8.20. The highest BCUT2D eigenvalue weighted by atomic mass is 28.3. The fourth-order valence-corrected chi connectivity index (χ4v) is 1.99. The van der Waals surface area contributed by atoms with Gasteiger partial charge in [-0.2, -0.15) is 0 Å². The van der Waals surface area contributed by atoms with E-state index >= 15 is 0 Å². The molecule has 0 unspecified atom stereocenters. The Hall–Kier alpha value is -1.55. The molecule has 1 aromatic heterocycles. The third-order valence-electron chi connectivity index (χ3n) is 2.39. The van der Waals surface area contributed by atoms with Crippen molar-refractivity contribution < 1.29 is 4.53 Å². The van der Waals surface area contributed by atoms with Gasteiger partial charge in [-0.15, -0.1) is 5.16 Å². The average molecular weight is 232 g/mol. The molecule has 0 bridgehead atoms. The van der Waals surface area contributed by atoms with E-state index in [1.807, 2.05) is 19.2 Å². The fourth-order valence-electron chi connectivity index (χ4n) is 1.68. The smallest absolute Gasteiger partial charge is 0.266 e. The van der Waals surface area contributed by atoms with E-state index < -0.39 is 9.04 Å². The molecule has 0 aliphatic heterocycles. The summed E-state index contributed by atoms with van der Waals surface area (Å²) in [5, 5.41) is 5.24. The van der Waals surface area contributed by atoms with Crippen LogP contribution in [0.15, 0.2) is 35.6 Å². The lowest BCUT2D eigenvalue weighted by molar-refractivity contribution is 0.354. The number of oxime groups is 1. The number of benzene rings is 1. The number of hydrogen-bond acceptors (Lipinski definition) is 2. The van der Waals surface area contributed by atoms with Crippen LogP contribution >= 0.6 is 0 Å². The van der Waals surface area contributed by atoms with Crippen molar-refractivity contribution in [3.63, 3.8) is 0 Å². The van der Waals surface area contributed by atoms with E-state index in [1.165, 1.54) is 10.9 Å². The molecule has 0 fully saturated rings. The monoisotopic (exact) mass is 232 g/mol. The number of fused-ring (bicyclic) bond motifs is 1. The summed E-state index contributed by atoms with van der Waals surface area (Å²) in [7, 11) is 0.968. The van der Waals surface area contributed by atoms with Crippen LogP contribution in [0.2, 0.25) is 13.1 Å². The third-order valence-corrected chi connectivity index (χ3v) is 2.93. The van der Waals surface area contributed by atoms with Gasteiger partial charge in [0.05, 0.1) is 6.21 Å². The maximum absolute atomic E-state index is 5.30. The lowest BCUT2D eigenvalue weighted by Crippen LogP contribution is -2.01. The second-order valence-corrected chi connectivity index (χ2v) is 6.41. The molecule has 1 heterocycles. The first-order chi connectivity index (χ1) is 7.68. The zero-order chi connectivity index (χ0) is 11.5. The predicted octanol–water partition coefficient (Wildman–Crippen LogP) is 2.51. The largest absolute Gasteiger partial charge is 0.459 e. The number of hydrogen-bond donors (Lipinski definition) is 0. The summed E-state index contributed by atoms with van der Waals surface area (Å²) in [6.45, 7) is 4.20. The Labute approximate surface area is 97.1 Å². The highest BCUT2D eigenvalue weighted by Crippen LogP contribution is 2.18. The first-order valence-electron chi connectivity index (χ1n) is 5.41. The number of para-hydroxylation sites is 1. The molecule has 2 aromatic rings. The standard InChI is InChI=1S/C12H16N2OSi/c1-14-9-10(8-13-15-16(2)3)11-6-4-5-7-12(11)14/h4-9,16H,1-3H3. The lowest BCUT2D eigenvalue weighted by atomic mass is 10.2. The fraction of sp³-hybridized carbons (Fsp3) is 0.250. The van der Waals surface area contributed by atoms with Crippen molar-refractivity contribution in [1.29, 1.82) is 0 Å². The molecule has 2 rings (SSSR count). The van der Waals surface area contributed by atoms with E-state index in [0.717, 1.165) is 5.56 Å². The first kappa shape index (κ1) is 10.9. The topological polar surface area (TPSA) is 26.5 Å². The number of aromatic nitrogens is 1. The summed E-state index contributed by atoms with van der Waals surface area (Å²) in [6.07, 6.45) is 3.87. The molecule has 0 amide bonds. The van der Waals surface area contributed by atoms with Gasteiger partial charge in [0.25, 0.3) is 9.04 Å². The zero-order valence-electron chi connectivity index (χ0n) is 9.84. The Morgan fingerprint density at radius 3 is 2.81 bits per heavy atom. The van der Waals surface area contributed by atoms with Crippen molar-refractivity contribution in [3.8, 4) is 0 Å². The van der Waals surface area contributed by atoms with Crippen molar-refractivity contribution in [2.45, 2.75) is 13.1 Å². The van der Waals surface area contributed by atoms with E-state index in [2.05, 4.69) is 41.1 Å². The second kappa shape index (κ2) is 4.53. The van der Waals surface area contributed by atoms with Gasteiger partial charge in [-0.05, 0) is 19.2 Å². The molecular weight excluding hydrogens is 216 g/mol. The molecule has 0 saturated carbocycles. The Balaban J connectivity index is 2.34. The molecule has 0 aliphatic carbocycles. The minimum atomic E-state index is -1.07. The van der Waals surface area contributed by atoms with Gasteiger partial charge in [-0.3, -0.25) is 0 Å². The lowest BCUT2D eigenvalue weighted by Gasteiger charge is -1.98. The third kappa shape index (κ3) is 2.16. The molecule has 4 heteroatoms. The Morgan fingerprint density at radius 1 is 1.31 bits per heavy atom. The van der Waals surface area contributed by atoms with Crippen LogP contribution in [0.1, 0.15) is 5.56 Å². The average Bonchev–Trinajstić information content (AvgIpc) is 2.57. The van der Waals surface area contributed by atoms with Crippen LogP contribution in [0, 0.1) is 0 Å². The molecule has 3 nitrogen and oxygen atoms in total. The maximum Gasteiger partial charge on any atom is 0.266 e. The van der Waals surface area contributed by atoms with Crippen LogP contribution in [0.4, 0.5) is 0 Å². The molecular formula is C12H16N2OSi. The SMILES string of the molecule is Cn1cc(C=NO[SiH](C)C)c2ccccc21. The van der Waals surface area contributed by atoms with E-state index in [4.69, 9.17) is 4.53 Å². The minimum Gasteiger partial charge on any atom is -0.459 e. The van der Waals surface area contributed by atoms with Gasteiger partial charge in [0.1, 0.15) is 0 Å². The van der Waals surface area contributed by atoms with Crippen molar-refractivity contribution >= 4 is 26.2 Å². The van der Waals surface area contributed by atoms with Gasteiger partial charge < -0.3 is 9.09 Å². The van der Waals surface area contributed by atoms with Crippen molar-refractivity contribution in [2.24, 2.45) is 12.2 Å². The molecule has 16 heavy (non-hydrogen) atoms. The van der Waals surface area contributed by atoms with Gasteiger partial charge in [0, 0.05) is 29.7 Å². The molecule has 0 radical (unpaired) electrons. The van der Waals surface area contributed by atoms with Gasteiger partial charge in [0.15, 0.2) is 0 Å². The number of aryl methyl sites for hydroxylation is 1. The number of rotatable bonds is 3. The van der Waals surface area contributed by atoms with Crippen LogP contribution in [-0.2, 0) is 11.6 Å². The van der Waals surface area contributed by atoms with Crippen LogP contribution < -0.4 is 0 Å². The summed E-state index contributed by atoms with van der Waals surface area (Å²) in [5.74, 6) is 0. The van der Waals surface area contributed by atoms with E-state index in [0.29, 0.717) is 0 Å². The summed E-state index contributed by atoms with van der Waals surface area (Å²) < 4.78 is 7.40. The summed E-state index contributed by atoms with van der Waals surface area (Å²) in [4.78, 5) is 0. The maximum atomic E-state index is 5.30. The van der Waals surface area contributed by atoms with Crippen LogP contribution in [-0.4, -0.2) is 19.8 Å². The van der Waals surface area contributed by atoms with Gasteiger partial charge in [-0.25, -0.2) is 0 Å². The van der Waals surface area contributed by atoms with Gasteiger partial charge in [-0.1, -0.05) is 18.2 Å². The molecule has 0 saturated heterocycles. The highest BCUT2D eigenvalue weighted by Gasteiger charge is 2.03. The van der Waals surface area contributed by atoms with E-state index in [9.17, 15) is 0 Å². The Bertz CT molecular complexity index is 517. The van der Waals surface area contributed by atoms with Gasteiger partial charge >= 0.3 is 0 Å². The predicted molar refractivity (Wildman–Crippen MR) is 70.5 cm³/mol. The highest BCUT2D eigenvalue weighted by molar-refractivity contribution is 6.48. The molecule has 0 atom stereocenters. The summed E-state index contributed by atoms with van der Waals surface area (Å²) >= 11 is 0. The van der Waals surface area contributed by atoms with Gasteiger partial charge in [0.2, 0.25) is 0 Å². The Kier molecular flexibility index (Phi) is 3.10.